The van der Waals surface area contributed by atoms with Crippen molar-refractivity contribution in [3.63, 3.8) is 0 Å². The number of ether oxygens (including phenoxy) is 2. The van der Waals surface area contributed by atoms with E-state index in [2.05, 4.69) is 15.5 Å². The monoisotopic (exact) mass is 367 g/mol. The van der Waals surface area contributed by atoms with Crippen molar-refractivity contribution in [2.45, 2.75) is 31.4 Å². The van der Waals surface area contributed by atoms with Crippen molar-refractivity contribution in [2.75, 3.05) is 32.2 Å². The molecule has 5 heteroatoms. The zero-order valence-corrected chi connectivity index (χ0v) is 16.0. The van der Waals surface area contributed by atoms with E-state index in [1.165, 1.54) is 12.3 Å². The highest BCUT2D eigenvalue weighted by atomic mass is 16.5. The lowest BCUT2D eigenvalue weighted by atomic mass is 10.0. The largest absolute Gasteiger partial charge is 0.497 e. The molecule has 5 nitrogen and oxygen atoms in total. The number of β-amino-alcohol motifs (C(OH)–C–C–N with tert-alkyl or cyclic N) is 1. The SMILES string of the molecule is COc1ccc(C2(O)CN(c3ccccc3OC)C3=[N+]2CCCCC3)cc1. The van der Waals surface area contributed by atoms with E-state index in [-0.39, 0.29) is 0 Å². The molecular formula is C22H27N2O3+. The molecule has 1 unspecified atom stereocenters. The summed E-state index contributed by atoms with van der Waals surface area (Å²) in [7, 11) is 3.35. The summed E-state index contributed by atoms with van der Waals surface area (Å²) < 4.78 is 13.1. The van der Waals surface area contributed by atoms with E-state index < -0.39 is 5.72 Å². The summed E-state index contributed by atoms with van der Waals surface area (Å²) in [5.41, 5.74) is 0.832. The van der Waals surface area contributed by atoms with E-state index in [4.69, 9.17) is 9.47 Å². The Morgan fingerprint density at radius 1 is 0.963 bits per heavy atom. The van der Waals surface area contributed by atoms with Gasteiger partial charge in [0.2, 0.25) is 0 Å². The summed E-state index contributed by atoms with van der Waals surface area (Å²) in [5.74, 6) is 2.80. The molecule has 1 N–H and O–H groups in total. The molecule has 0 saturated heterocycles. The van der Waals surface area contributed by atoms with Gasteiger partial charge in [0, 0.05) is 12.0 Å². The average molecular weight is 367 g/mol. The second-order valence-electron chi connectivity index (χ2n) is 7.18. The number of benzene rings is 2. The van der Waals surface area contributed by atoms with Crippen LogP contribution >= 0.6 is 0 Å². The van der Waals surface area contributed by atoms with Gasteiger partial charge in [0.25, 0.3) is 11.6 Å². The quantitative estimate of drug-likeness (QED) is 0.842. The minimum atomic E-state index is -1.06. The van der Waals surface area contributed by atoms with Gasteiger partial charge in [-0.05, 0) is 55.7 Å². The molecule has 2 heterocycles. The Bertz CT molecular complexity index is 847. The van der Waals surface area contributed by atoms with E-state index in [1.54, 1.807) is 14.2 Å². The molecule has 2 aromatic rings. The molecular weight excluding hydrogens is 340 g/mol. The van der Waals surface area contributed by atoms with Crippen molar-refractivity contribution in [1.29, 1.82) is 0 Å². The highest BCUT2D eigenvalue weighted by Gasteiger charge is 2.52. The number of amidine groups is 1. The highest BCUT2D eigenvalue weighted by molar-refractivity contribution is 5.97. The number of methoxy groups -OCH3 is 2. The molecule has 0 radical (unpaired) electrons. The molecule has 2 aliphatic rings. The minimum absolute atomic E-state index is 0.481. The van der Waals surface area contributed by atoms with Crippen molar-refractivity contribution in [2.24, 2.45) is 0 Å². The fourth-order valence-corrected chi connectivity index (χ4v) is 4.25. The number of para-hydroxylation sites is 2. The summed E-state index contributed by atoms with van der Waals surface area (Å²) in [6, 6.07) is 15.8. The third-order valence-corrected chi connectivity index (χ3v) is 5.66. The van der Waals surface area contributed by atoms with Crippen LogP contribution in [0.5, 0.6) is 11.5 Å². The molecule has 0 spiro atoms. The van der Waals surface area contributed by atoms with Crippen molar-refractivity contribution >= 4 is 11.5 Å². The highest BCUT2D eigenvalue weighted by Crippen LogP contribution is 2.38. The van der Waals surface area contributed by atoms with Gasteiger partial charge in [0.05, 0.1) is 20.8 Å². The van der Waals surface area contributed by atoms with Crippen LogP contribution in [0.2, 0.25) is 0 Å². The van der Waals surface area contributed by atoms with Gasteiger partial charge in [-0.25, -0.2) is 9.48 Å². The lowest BCUT2D eigenvalue weighted by Gasteiger charge is -2.24. The fraction of sp³-hybridized carbons (Fsp3) is 0.409. The third-order valence-electron chi connectivity index (χ3n) is 5.66. The first-order chi connectivity index (χ1) is 13.2. The van der Waals surface area contributed by atoms with Crippen LogP contribution in [0.1, 0.15) is 31.2 Å². The summed E-state index contributed by atoms with van der Waals surface area (Å²) in [6.45, 7) is 1.33. The van der Waals surface area contributed by atoms with Crippen LogP contribution in [0, 0.1) is 0 Å². The first kappa shape index (κ1) is 17.9. The molecule has 4 rings (SSSR count). The Balaban J connectivity index is 1.80. The van der Waals surface area contributed by atoms with Crippen LogP contribution in [-0.4, -0.2) is 42.8 Å². The molecule has 142 valence electrons. The molecule has 0 aromatic heterocycles. The predicted octanol–water partition coefficient (Wildman–Crippen LogP) is 3.35. The van der Waals surface area contributed by atoms with Crippen LogP contribution in [-0.2, 0) is 5.72 Å². The van der Waals surface area contributed by atoms with Gasteiger partial charge in [-0.3, -0.25) is 0 Å². The maximum atomic E-state index is 11.8. The fourth-order valence-electron chi connectivity index (χ4n) is 4.25. The van der Waals surface area contributed by atoms with Gasteiger partial charge in [-0.15, -0.1) is 0 Å². The normalized spacial score (nSPS) is 22.4. The van der Waals surface area contributed by atoms with E-state index in [0.717, 1.165) is 48.6 Å². The summed E-state index contributed by atoms with van der Waals surface area (Å²) in [5, 5.41) is 11.8. The molecule has 2 aromatic carbocycles. The zero-order valence-electron chi connectivity index (χ0n) is 16.0. The number of hydrogen-bond acceptors (Lipinski definition) is 4. The Hall–Kier alpha value is -2.53. The van der Waals surface area contributed by atoms with E-state index >= 15 is 0 Å². The molecule has 0 aliphatic carbocycles. The maximum absolute atomic E-state index is 11.8. The lowest BCUT2D eigenvalue weighted by molar-refractivity contribution is -0.658. The zero-order chi connectivity index (χ0) is 18.9. The van der Waals surface area contributed by atoms with Gasteiger partial charge < -0.3 is 14.6 Å². The van der Waals surface area contributed by atoms with Crippen LogP contribution in [0.4, 0.5) is 5.69 Å². The third kappa shape index (κ3) is 3.06. The first-order valence-corrected chi connectivity index (χ1v) is 9.58. The minimum Gasteiger partial charge on any atom is -0.497 e. The number of hydrogen-bond donors (Lipinski definition) is 1. The van der Waals surface area contributed by atoms with Crippen LogP contribution in [0.15, 0.2) is 48.5 Å². The smallest absolute Gasteiger partial charge is 0.271 e. The van der Waals surface area contributed by atoms with E-state index in [1.807, 2.05) is 42.5 Å². The Morgan fingerprint density at radius 3 is 2.48 bits per heavy atom. The van der Waals surface area contributed by atoms with Crippen molar-refractivity contribution in [1.82, 2.24) is 0 Å². The van der Waals surface area contributed by atoms with Crippen molar-refractivity contribution in [3.05, 3.63) is 54.1 Å². The Labute approximate surface area is 160 Å². The van der Waals surface area contributed by atoms with Gasteiger partial charge >= 0.3 is 0 Å². The number of nitrogens with zero attached hydrogens (tertiary/aromatic N) is 2. The molecule has 1 atom stereocenters. The van der Waals surface area contributed by atoms with E-state index in [0.29, 0.717) is 6.54 Å². The van der Waals surface area contributed by atoms with Crippen molar-refractivity contribution in [3.8, 4) is 11.5 Å². The average Bonchev–Trinajstić information content (AvgIpc) is 2.87. The number of anilines is 1. The first-order valence-electron chi connectivity index (χ1n) is 9.58. The van der Waals surface area contributed by atoms with Gasteiger partial charge in [-0.1, -0.05) is 12.1 Å². The van der Waals surface area contributed by atoms with Crippen LogP contribution < -0.4 is 14.4 Å². The Kier molecular flexibility index (Phi) is 4.79. The number of aliphatic hydroxyl groups is 1. The summed E-state index contributed by atoms with van der Waals surface area (Å²) >= 11 is 0. The topological polar surface area (TPSA) is 44.9 Å². The maximum Gasteiger partial charge on any atom is 0.271 e. The van der Waals surface area contributed by atoms with Gasteiger partial charge in [-0.2, -0.15) is 0 Å². The standard InChI is InChI=1S/C22H27N2O3/c1-26-18-13-11-17(12-14-18)22(25)16-23(19-8-5-6-9-20(19)27-2)21-10-4-3-7-15-24(21)22/h5-6,8-9,11-14,25H,3-4,7,10,15-16H2,1-2H3/q+1. The number of rotatable bonds is 4. The second-order valence-corrected chi connectivity index (χ2v) is 7.18. The second kappa shape index (κ2) is 7.24. The van der Waals surface area contributed by atoms with Gasteiger partial charge in [0.15, 0.2) is 18.0 Å². The molecule has 27 heavy (non-hydrogen) atoms. The summed E-state index contributed by atoms with van der Waals surface area (Å²) in [4.78, 5) is 2.23. The van der Waals surface area contributed by atoms with Crippen LogP contribution in [0.3, 0.4) is 0 Å². The molecule has 0 saturated carbocycles. The summed E-state index contributed by atoms with van der Waals surface area (Å²) in [6.07, 6.45) is 4.35. The molecule has 0 bridgehead atoms. The molecule has 0 fully saturated rings. The van der Waals surface area contributed by atoms with E-state index in [9.17, 15) is 5.11 Å². The lowest BCUT2D eigenvalue weighted by Crippen LogP contribution is -2.41. The van der Waals surface area contributed by atoms with Gasteiger partial charge in [0.1, 0.15) is 5.75 Å². The van der Waals surface area contributed by atoms with Crippen LogP contribution in [0.25, 0.3) is 0 Å². The molecule has 2 aliphatic heterocycles. The Morgan fingerprint density at radius 2 is 1.74 bits per heavy atom. The van der Waals surface area contributed by atoms with Crippen molar-refractivity contribution < 1.29 is 19.2 Å². The predicted molar refractivity (Wildman–Crippen MR) is 106 cm³/mol. The molecule has 0 amide bonds.